The standard InChI is InChI=1S/C25H19F3N4O3/c1-14-20-12-13-21(33)32(18-8-2-15(3-9-18)23(34)30-17-6-7-17)22(20)31-24(29-14)35-19-10-4-16(5-11-19)25(26,27)28/h2-5,8-13,17H,6-7H2,1H3,(H,30,34). The second kappa shape index (κ2) is 8.53. The molecule has 7 nitrogen and oxygen atoms in total. The summed E-state index contributed by atoms with van der Waals surface area (Å²) in [7, 11) is 0. The zero-order valence-corrected chi connectivity index (χ0v) is 18.5. The quantitative estimate of drug-likeness (QED) is 0.444. The second-order valence-corrected chi connectivity index (χ2v) is 8.25. The first-order chi connectivity index (χ1) is 16.7. The topological polar surface area (TPSA) is 86.1 Å². The van der Waals surface area contributed by atoms with Gasteiger partial charge >= 0.3 is 12.2 Å². The van der Waals surface area contributed by atoms with Gasteiger partial charge in [0.1, 0.15) is 5.75 Å². The summed E-state index contributed by atoms with van der Waals surface area (Å²) in [6.07, 6.45) is -2.50. The number of ether oxygens (including phenoxy) is 1. The van der Waals surface area contributed by atoms with Crippen molar-refractivity contribution in [1.29, 1.82) is 0 Å². The summed E-state index contributed by atoms with van der Waals surface area (Å²) in [4.78, 5) is 33.7. The molecule has 2 heterocycles. The molecule has 0 radical (unpaired) electrons. The molecule has 1 N–H and O–H groups in total. The minimum atomic E-state index is -4.46. The van der Waals surface area contributed by atoms with Crippen LogP contribution in [0, 0.1) is 6.92 Å². The van der Waals surface area contributed by atoms with E-state index in [0.29, 0.717) is 22.3 Å². The highest BCUT2D eigenvalue weighted by Crippen LogP contribution is 2.31. The summed E-state index contributed by atoms with van der Waals surface area (Å²) in [5.74, 6) is -0.0534. The average Bonchev–Trinajstić information content (AvgIpc) is 3.63. The molecule has 0 atom stereocenters. The zero-order valence-electron chi connectivity index (χ0n) is 18.5. The number of amides is 1. The molecule has 0 spiro atoms. The van der Waals surface area contributed by atoms with Crippen molar-refractivity contribution in [3.8, 4) is 17.4 Å². The Morgan fingerprint density at radius 2 is 1.69 bits per heavy atom. The number of alkyl halides is 3. The van der Waals surface area contributed by atoms with Crippen molar-refractivity contribution in [3.63, 3.8) is 0 Å². The Balaban J connectivity index is 1.50. The van der Waals surface area contributed by atoms with Crippen LogP contribution in [0.15, 0.2) is 65.5 Å². The molecule has 0 bridgehead atoms. The lowest BCUT2D eigenvalue weighted by molar-refractivity contribution is -0.137. The second-order valence-electron chi connectivity index (χ2n) is 8.25. The molecule has 1 aliphatic carbocycles. The van der Waals surface area contributed by atoms with Gasteiger partial charge < -0.3 is 10.1 Å². The van der Waals surface area contributed by atoms with Gasteiger partial charge in [-0.05, 0) is 74.4 Å². The van der Waals surface area contributed by atoms with E-state index in [9.17, 15) is 22.8 Å². The first-order valence-corrected chi connectivity index (χ1v) is 10.9. The molecule has 1 amide bonds. The molecule has 1 fully saturated rings. The van der Waals surface area contributed by atoms with Crippen LogP contribution in [-0.2, 0) is 6.18 Å². The largest absolute Gasteiger partial charge is 0.424 e. The Morgan fingerprint density at radius 1 is 1.00 bits per heavy atom. The molecule has 10 heteroatoms. The summed E-state index contributed by atoms with van der Waals surface area (Å²) < 4.78 is 45.4. The van der Waals surface area contributed by atoms with Crippen LogP contribution in [-0.4, -0.2) is 26.5 Å². The number of carbonyl (C=O) groups excluding carboxylic acids is 1. The van der Waals surface area contributed by atoms with E-state index in [2.05, 4.69) is 15.3 Å². The third kappa shape index (κ3) is 4.72. The molecule has 35 heavy (non-hydrogen) atoms. The number of hydrogen-bond donors (Lipinski definition) is 1. The van der Waals surface area contributed by atoms with E-state index in [1.165, 1.54) is 22.8 Å². The monoisotopic (exact) mass is 480 g/mol. The first kappa shape index (κ1) is 22.6. The molecule has 5 rings (SSSR count). The van der Waals surface area contributed by atoms with E-state index in [1.54, 1.807) is 37.3 Å². The van der Waals surface area contributed by atoms with Gasteiger partial charge in [-0.25, -0.2) is 0 Å². The van der Waals surface area contributed by atoms with Crippen LogP contribution in [0.2, 0.25) is 0 Å². The molecular formula is C25H19F3N4O3. The number of rotatable bonds is 5. The number of fused-ring (bicyclic) bond motifs is 1. The SMILES string of the molecule is Cc1nc(Oc2ccc(C(F)(F)F)cc2)nc2c1ccc(=O)n2-c1ccc(C(=O)NC2CC2)cc1. The number of halogens is 3. The fourth-order valence-electron chi connectivity index (χ4n) is 3.61. The van der Waals surface area contributed by atoms with Crippen LogP contribution in [0.4, 0.5) is 13.2 Å². The fraction of sp³-hybridized carbons (Fsp3) is 0.200. The van der Waals surface area contributed by atoms with Gasteiger partial charge in [-0.2, -0.15) is 23.1 Å². The van der Waals surface area contributed by atoms with Crippen molar-refractivity contribution >= 4 is 16.9 Å². The first-order valence-electron chi connectivity index (χ1n) is 10.9. The van der Waals surface area contributed by atoms with Gasteiger partial charge in [-0.1, -0.05) is 0 Å². The Bertz CT molecular complexity index is 1480. The number of aromatic nitrogens is 3. The molecular weight excluding hydrogens is 461 g/mol. The van der Waals surface area contributed by atoms with Crippen LogP contribution >= 0.6 is 0 Å². The molecule has 0 aliphatic heterocycles. The van der Waals surface area contributed by atoms with Crippen LogP contribution < -0.4 is 15.6 Å². The van der Waals surface area contributed by atoms with Crippen molar-refractivity contribution in [2.24, 2.45) is 0 Å². The predicted molar refractivity (Wildman–Crippen MR) is 122 cm³/mol. The maximum absolute atomic E-state index is 12.8. The number of nitrogens with zero attached hydrogens (tertiary/aromatic N) is 3. The lowest BCUT2D eigenvalue weighted by atomic mass is 10.1. The summed E-state index contributed by atoms with van der Waals surface area (Å²) in [5, 5.41) is 3.51. The molecule has 4 aromatic rings. The molecule has 178 valence electrons. The van der Waals surface area contributed by atoms with Gasteiger partial charge in [0.15, 0.2) is 5.65 Å². The summed E-state index contributed by atoms with van der Waals surface area (Å²) in [6.45, 7) is 1.71. The molecule has 0 unspecified atom stereocenters. The maximum atomic E-state index is 12.8. The number of carbonyl (C=O) groups is 1. The molecule has 0 saturated heterocycles. The van der Waals surface area contributed by atoms with E-state index in [-0.39, 0.29) is 34.9 Å². The lowest BCUT2D eigenvalue weighted by Gasteiger charge is -2.13. The molecule has 2 aromatic carbocycles. The van der Waals surface area contributed by atoms with Crippen LogP contribution in [0.5, 0.6) is 11.8 Å². The van der Waals surface area contributed by atoms with Gasteiger partial charge in [0.25, 0.3) is 11.5 Å². The van der Waals surface area contributed by atoms with Crippen molar-refractivity contribution in [2.75, 3.05) is 0 Å². The van der Waals surface area contributed by atoms with Crippen LogP contribution in [0.25, 0.3) is 16.7 Å². The highest BCUT2D eigenvalue weighted by atomic mass is 19.4. The molecule has 1 aliphatic rings. The van der Waals surface area contributed by atoms with Gasteiger partial charge in [-0.15, -0.1) is 0 Å². The minimum absolute atomic E-state index is 0.116. The predicted octanol–water partition coefficient (Wildman–Crippen LogP) is 4.79. The summed E-state index contributed by atoms with van der Waals surface area (Å²) in [6, 6.07) is 13.8. The average molecular weight is 480 g/mol. The molecule has 1 saturated carbocycles. The van der Waals surface area contributed by atoms with E-state index in [0.717, 1.165) is 25.0 Å². The maximum Gasteiger partial charge on any atom is 0.416 e. The van der Waals surface area contributed by atoms with Crippen LogP contribution in [0.3, 0.4) is 0 Å². The van der Waals surface area contributed by atoms with Gasteiger partial charge in [0.2, 0.25) is 0 Å². The number of hydrogen-bond acceptors (Lipinski definition) is 5. The Morgan fingerprint density at radius 3 is 2.31 bits per heavy atom. The summed E-state index contributed by atoms with van der Waals surface area (Å²) in [5.41, 5.74) is 0.594. The number of benzene rings is 2. The lowest BCUT2D eigenvalue weighted by Crippen LogP contribution is -2.25. The van der Waals surface area contributed by atoms with E-state index >= 15 is 0 Å². The fourth-order valence-corrected chi connectivity index (χ4v) is 3.61. The van der Waals surface area contributed by atoms with Gasteiger partial charge in [0.05, 0.1) is 16.9 Å². The number of nitrogens with one attached hydrogen (secondary N) is 1. The summed E-state index contributed by atoms with van der Waals surface area (Å²) >= 11 is 0. The highest BCUT2D eigenvalue weighted by molar-refractivity contribution is 5.94. The van der Waals surface area contributed by atoms with Crippen LogP contribution in [0.1, 0.15) is 34.5 Å². The van der Waals surface area contributed by atoms with E-state index in [1.807, 2.05) is 0 Å². The smallest absolute Gasteiger partial charge is 0.416 e. The third-order valence-corrected chi connectivity index (χ3v) is 5.61. The number of pyridine rings is 1. The van der Waals surface area contributed by atoms with Crippen molar-refractivity contribution in [2.45, 2.75) is 32.0 Å². The Kier molecular flexibility index (Phi) is 5.50. The Labute approximate surface area is 197 Å². The van der Waals surface area contributed by atoms with Gasteiger partial charge in [0, 0.05) is 23.1 Å². The molecule has 2 aromatic heterocycles. The van der Waals surface area contributed by atoms with Crippen molar-refractivity contribution in [1.82, 2.24) is 19.9 Å². The van der Waals surface area contributed by atoms with E-state index in [4.69, 9.17) is 4.74 Å². The van der Waals surface area contributed by atoms with Gasteiger partial charge in [-0.3, -0.25) is 14.2 Å². The normalized spacial score (nSPS) is 13.6. The number of aryl methyl sites for hydroxylation is 1. The Hall–Kier alpha value is -4.21. The van der Waals surface area contributed by atoms with Crippen molar-refractivity contribution in [3.05, 3.63) is 87.8 Å². The highest BCUT2D eigenvalue weighted by Gasteiger charge is 2.30. The zero-order chi connectivity index (χ0) is 24.7. The third-order valence-electron chi connectivity index (χ3n) is 5.61. The van der Waals surface area contributed by atoms with Crippen molar-refractivity contribution < 1.29 is 22.7 Å². The minimum Gasteiger partial charge on any atom is -0.424 e. The van der Waals surface area contributed by atoms with E-state index < -0.39 is 11.7 Å².